The van der Waals surface area contributed by atoms with Crippen molar-refractivity contribution in [2.24, 2.45) is 0 Å². The molecule has 1 aromatic heterocycles. The number of nitrogens with one attached hydrogen (secondary N) is 1. The fourth-order valence-corrected chi connectivity index (χ4v) is 5.82. The Kier molecular flexibility index (Phi) is 7.39. The van der Waals surface area contributed by atoms with Crippen molar-refractivity contribution in [3.63, 3.8) is 0 Å². The number of carbonyl (C=O) groups is 2. The number of benzene rings is 1. The summed E-state index contributed by atoms with van der Waals surface area (Å²) in [4.78, 5) is 38.6. The van der Waals surface area contributed by atoms with E-state index in [-0.39, 0.29) is 24.0 Å². The molecule has 2 saturated carbocycles. The minimum Gasteiger partial charge on any atom is -0.462 e. The summed E-state index contributed by atoms with van der Waals surface area (Å²) in [5.74, 6) is 1.36. The Bertz CT molecular complexity index is 1080. The van der Waals surface area contributed by atoms with E-state index in [9.17, 15) is 9.59 Å². The number of fused-ring (bicyclic) bond motifs is 1. The molecule has 1 aliphatic heterocycles. The van der Waals surface area contributed by atoms with Crippen molar-refractivity contribution in [3.8, 4) is 0 Å². The van der Waals surface area contributed by atoms with Gasteiger partial charge in [-0.2, -0.15) is 4.98 Å². The van der Waals surface area contributed by atoms with Crippen molar-refractivity contribution in [3.05, 3.63) is 36.0 Å². The van der Waals surface area contributed by atoms with Gasteiger partial charge < -0.3 is 19.9 Å². The predicted molar refractivity (Wildman–Crippen MR) is 141 cm³/mol. The molecule has 0 saturated heterocycles. The Morgan fingerprint density at radius 1 is 1.08 bits per heavy atom. The SMILES string of the molecule is CCC1C(=O)N(C)c2cnc(Nc3ccc(CCC(=O)OC4CCCC4)cc3)nc2N1C1CCCC1. The maximum absolute atomic E-state index is 13.1. The molecule has 1 aromatic carbocycles. The van der Waals surface area contributed by atoms with Crippen molar-refractivity contribution < 1.29 is 14.3 Å². The highest BCUT2D eigenvalue weighted by Crippen LogP contribution is 2.40. The molecule has 1 atom stereocenters. The molecule has 0 spiro atoms. The molecule has 3 aliphatic rings. The molecule has 1 N–H and O–H groups in total. The van der Waals surface area contributed by atoms with Crippen LogP contribution in [0.2, 0.25) is 0 Å². The summed E-state index contributed by atoms with van der Waals surface area (Å²) in [5, 5.41) is 3.32. The van der Waals surface area contributed by atoms with Gasteiger partial charge in [0.15, 0.2) is 5.82 Å². The highest BCUT2D eigenvalue weighted by molar-refractivity contribution is 6.04. The summed E-state index contributed by atoms with van der Waals surface area (Å²) in [6.07, 6.45) is 12.6. The third-order valence-corrected chi connectivity index (χ3v) is 7.84. The van der Waals surface area contributed by atoms with Crippen molar-refractivity contribution in [2.45, 2.75) is 95.7 Å². The van der Waals surface area contributed by atoms with Crippen LogP contribution < -0.4 is 15.1 Å². The second kappa shape index (κ2) is 10.8. The van der Waals surface area contributed by atoms with Crippen LogP contribution in [0.15, 0.2) is 30.5 Å². The zero-order chi connectivity index (χ0) is 25.1. The predicted octanol–water partition coefficient (Wildman–Crippen LogP) is 5.14. The molecule has 8 heteroatoms. The normalized spacial score (nSPS) is 20.6. The standard InChI is InChI=1S/C28H37N5O3/c1-3-23-27(35)32(2)24-18-29-28(31-26(24)33(23)21-8-4-5-9-21)30-20-15-12-19(13-16-20)14-17-25(34)36-22-10-6-7-11-22/h12-13,15-16,18,21-23H,3-11,14,17H2,1-2H3,(H,29,30,31). The van der Waals surface area contributed by atoms with Gasteiger partial charge in [-0.1, -0.05) is 31.9 Å². The number of anilines is 4. The van der Waals surface area contributed by atoms with Gasteiger partial charge in [0.05, 0.1) is 6.20 Å². The first kappa shape index (κ1) is 24.5. The number of nitrogens with zero attached hydrogens (tertiary/aromatic N) is 4. The molecule has 36 heavy (non-hydrogen) atoms. The molecule has 0 bridgehead atoms. The third-order valence-electron chi connectivity index (χ3n) is 7.84. The van der Waals surface area contributed by atoms with Gasteiger partial charge in [0.2, 0.25) is 11.9 Å². The lowest BCUT2D eigenvalue weighted by Gasteiger charge is -2.43. The van der Waals surface area contributed by atoms with E-state index < -0.39 is 0 Å². The second-order valence-corrected chi connectivity index (χ2v) is 10.3. The van der Waals surface area contributed by atoms with Crippen molar-refractivity contribution in [2.75, 3.05) is 22.2 Å². The maximum atomic E-state index is 13.1. The first-order valence-corrected chi connectivity index (χ1v) is 13.5. The minimum atomic E-state index is -0.187. The first-order valence-electron chi connectivity index (χ1n) is 13.5. The van der Waals surface area contributed by atoms with Crippen molar-refractivity contribution in [1.82, 2.24) is 9.97 Å². The number of ether oxygens (including phenoxy) is 1. The molecule has 2 aliphatic carbocycles. The number of amides is 1. The van der Waals surface area contributed by atoms with E-state index >= 15 is 0 Å². The summed E-state index contributed by atoms with van der Waals surface area (Å²) in [7, 11) is 1.81. The smallest absolute Gasteiger partial charge is 0.306 e. The Balaban J connectivity index is 1.26. The fourth-order valence-electron chi connectivity index (χ4n) is 5.82. The highest BCUT2D eigenvalue weighted by atomic mass is 16.5. The molecular weight excluding hydrogens is 454 g/mol. The Hall–Kier alpha value is -3.16. The zero-order valence-corrected chi connectivity index (χ0v) is 21.4. The van der Waals surface area contributed by atoms with E-state index in [1.807, 2.05) is 31.3 Å². The van der Waals surface area contributed by atoms with E-state index in [4.69, 9.17) is 9.72 Å². The second-order valence-electron chi connectivity index (χ2n) is 10.3. The van der Waals surface area contributed by atoms with Crippen LogP contribution in [0.4, 0.5) is 23.1 Å². The van der Waals surface area contributed by atoms with Crippen LogP contribution in [0.3, 0.4) is 0 Å². The number of likely N-dealkylation sites (N-methyl/N-ethyl adjacent to an activating group) is 1. The monoisotopic (exact) mass is 491 g/mol. The van der Waals surface area contributed by atoms with Crippen LogP contribution in [0.25, 0.3) is 0 Å². The van der Waals surface area contributed by atoms with Crippen molar-refractivity contribution >= 4 is 35.0 Å². The molecule has 1 unspecified atom stereocenters. The fraction of sp³-hybridized carbons (Fsp3) is 0.571. The number of carbonyl (C=O) groups excluding carboxylic acids is 2. The summed E-state index contributed by atoms with van der Waals surface area (Å²) >= 11 is 0. The molecule has 2 fully saturated rings. The van der Waals surface area contributed by atoms with Crippen LogP contribution >= 0.6 is 0 Å². The van der Waals surface area contributed by atoms with E-state index in [0.29, 0.717) is 24.8 Å². The Labute approximate surface area is 213 Å². The molecule has 2 aromatic rings. The summed E-state index contributed by atoms with van der Waals surface area (Å²) in [6, 6.07) is 8.17. The average molecular weight is 492 g/mol. The molecule has 8 nitrogen and oxygen atoms in total. The van der Waals surface area contributed by atoms with Crippen molar-refractivity contribution in [1.29, 1.82) is 0 Å². The lowest BCUT2D eigenvalue weighted by molar-refractivity contribution is -0.148. The first-order chi connectivity index (χ1) is 17.5. The number of aromatic nitrogens is 2. The zero-order valence-electron chi connectivity index (χ0n) is 21.4. The van der Waals surface area contributed by atoms with Gasteiger partial charge in [0.1, 0.15) is 17.8 Å². The van der Waals surface area contributed by atoms with Gasteiger partial charge >= 0.3 is 5.97 Å². The molecular formula is C28H37N5O3. The van der Waals surface area contributed by atoms with E-state index in [0.717, 1.165) is 67.7 Å². The number of hydrogen-bond donors (Lipinski definition) is 1. The van der Waals surface area contributed by atoms with Gasteiger partial charge in [0.25, 0.3) is 0 Å². The summed E-state index contributed by atoms with van der Waals surface area (Å²) in [5.41, 5.74) is 2.74. The number of hydrogen-bond acceptors (Lipinski definition) is 7. The average Bonchev–Trinajstić information content (AvgIpc) is 3.60. The highest BCUT2D eigenvalue weighted by Gasteiger charge is 2.41. The van der Waals surface area contributed by atoms with Gasteiger partial charge in [-0.15, -0.1) is 0 Å². The van der Waals surface area contributed by atoms with E-state index in [1.54, 1.807) is 11.1 Å². The van der Waals surface area contributed by atoms with Crippen LogP contribution in [-0.4, -0.2) is 47.1 Å². The minimum absolute atomic E-state index is 0.104. The van der Waals surface area contributed by atoms with Crippen LogP contribution in [0, 0.1) is 0 Å². The molecule has 0 radical (unpaired) electrons. The molecule has 192 valence electrons. The quantitative estimate of drug-likeness (QED) is 0.512. The Morgan fingerprint density at radius 2 is 1.78 bits per heavy atom. The van der Waals surface area contributed by atoms with E-state index in [2.05, 4.69) is 22.1 Å². The Morgan fingerprint density at radius 3 is 2.47 bits per heavy atom. The van der Waals surface area contributed by atoms with Gasteiger partial charge in [-0.05, 0) is 69.1 Å². The van der Waals surface area contributed by atoms with Gasteiger partial charge in [-0.25, -0.2) is 4.98 Å². The summed E-state index contributed by atoms with van der Waals surface area (Å²) in [6.45, 7) is 2.07. The summed E-state index contributed by atoms with van der Waals surface area (Å²) < 4.78 is 5.56. The van der Waals surface area contributed by atoms with Crippen LogP contribution in [0.1, 0.15) is 76.7 Å². The van der Waals surface area contributed by atoms with Crippen LogP contribution in [0.5, 0.6) is 0 Å². The largest absolute Gasteiger partial charge is 0.462 e. The molecule has 2 heterocycles. The molecule has 1 amide bonds. The third kappa shape index (κ3) is 5.18. The lowest BCUT2D eigenvalue weighted by atomic mass is 10.0. The number of rotatable bonds is 8. The molecule has 5 rings (SSSR count). The van der Waals surface area contributed by atoms with Crippen LogP contribution in [-0.2, 0) is 20.7 Å². The topological polar surface area (TPSA) is 87.7 Å². The van der Waals surface area contributed by atoms with E-state index in [1.165, 1.54) is 12.8 Å². The lowest BCUT2D eigenvalue weighted by Crippen LogP contribution is -2.55. The number of esters is 1. The number of aryl methyl sites for hydroxylation is 1. The van der Waals surface area contributed by atoms with Gasteiger partial charge in [0, 0.05) is 25.2 Å². The maximum Gasteiger partial charge on any atom is 0.306 e. The van der Waals surface area contributed by atoms with Gasteiger partial charge in [-0.3, -0.25) is 9.59 Å².